The van der Waals surface area contributed by atoms with E-state index in [2.05, 4.69) is 10.2 Å². The number of hydrogen-bond acceptors (Lipinski definition) is 3. The van der Waals surface area contributed by atoms with Gasteiger partial charge >= 0.3 is 0 Å². The molecule has 5 heteroatoms. The van der Waals surface area contributed by atoms with Crippen molar-refractivity contribution >= 4 is 17.3 Å². The summed E-state index contributed by atoms with van der Waals surface area (Å²) in [5.41, 5.74) is 6.41. The van der Waals surface area contributed by atoms with E-state index in [1.54, 1.807) is 0 Å². The fourth-order valence-electron chi connectivity index (χ4n) is 2.00. The quantitative estimate of drug-likeness (QED) is 0.774. The van der Waals surface area contributed by atoms with Gasteiger partial charge in [-0.25, -0.2) is 4.39 Å². The highest BCUT2D eigenvalue weighted by molar-refractivity contribution is 5.95. The number of nitrogens with one attached hydrogen (secondary N) is 1. The molecule has 0 spiro atoms. The van der Waals surface area contributed by atoms with Crippen molar-refractivity contribution in [3.63, 3.8) is 0 Å². The summed E-state index contributed by atoms with van der Waals surface area (Å²) in [6.07, 6.45) is 2.52. The van der Waals surface area contributed by atoms with Gasteiger partial charge in [0.1, 0.15) is 5.82 Å². The van der Waals surface area contributed by atoms with Crippen molar-refractivity contribution in [1.29, 1.82) is 0 Å². The van der Waals surface area contributed by atoms with Crippen LogP contribution in [0.5, 0.6) is 0 Å². The minimum atomic E-state index is -0.408. The first-order valence-corrected chi connectivity index (χ1v) is 6.65. The molecular formula is C14H20FN3O. The molecule has 1 aliphatic carbocycles. The number of anilines is 2. The molecule has 0 aliphatic heterocycles. The molecule has 0 bridgehead atoms. The number of nitrogens with zero attached hydrogens (tertiary/aromatic N) is 1. The zero-order chi connectivity index (χ0) is 13.8. The Morgan fingerprint density at radius 1 is 1.53 bits per heavy atom. The zero-order valence-corrected chi connectivity index (χ0v) is 11.2. The standard InChI is InChI=1S/C14H20FN3O/c1-2-18(8-10-3-4-10)9-14(19)17-13-7-11(15)5-6-12(13)16/h5-7,10H,2-4,8-9,16H2,1H3,(H,17,19). The van der Waals surface area contributed by atoms with E-state index in [4.69, 9.17) is 5.73 Å². The van der Waals surface area contributed by atoms with Crippen LogP contribution in [0.4, 0.5) is 15.8 Å². The highest BCUT2D eigenvalue weighted by Gasteiger charge is 2.24. The number of carbonyl (C=O) groups is 1. The molecule has 0 unspecified atom stereocenters. The number of benzene rings is 1. The van der Waals surface area contributed by atoms with E-state index in [9.17, 15) is 9.18 Å². The Balaban J connectivity index is 1.90. The van der Waals surface area contributed by atoms with Crippen molar-refractivity contribution in [2.45, 2.75) is 19.8 Å². The lowest BCUT2D eigenvalue weighted by Crippen LogP contribution is -2.34. The maximum absolute atomic E-state index is 13.1. The average molecular weight is 265 g/mol. The van der Waals surface area contributed by atoms with Gasteiger partial charge in [-0.15, -0.1) is 0 Å². The third kappa shape index (κ3) is 4.21. The minimum absolute atomic E-state index is 0.153. The largest absolute Gasteiger partial charge is 0.397 e. The summed E-state index contributed by atoms with van der Waals surface area (Å²) in [5, 5.41) is 2.66. The lowest BCUT2D eigenvalue weighted by Gasteiger charge is -2.19. The third-order valence-corrected chi connectivity index (χ3v) is 3.32. The Morgan fingerprint density at radius 3 is 2.89 bits per heavy atom. The SMILES string of the molecule is CCN(CC(=O)Nc1cc(F)ccc1N)CC1CC1. The van der Waals surface area contributed by atoms with Gasteiger partial charge in [-0.05, 0) is 43.5 Å². The molecule has 1 fully saturated rings. The van der Waals surface area contributed by atoms with E-state index < -0.39 is 5.82 Å². The van der Waals surface area contributed by atoms with Gasteiger partial charge in [0.25, 0.3) is 0 Å². The second-order valence-corrected chi connectivity index (χ2v) is 5.05. The van der Waals surface area contributed by atoms with Crippen LogP contribution < -0.4 is 11.1 Å². The topological polar surface area (TPSA) is 58.4 Å². The lowest BCUT2D eigenvalue weighted by atomic mass is 10.2. The number of hydrogen-bond donors (Lipinski definition) is 2. The molecule has 19 heavy (non-hydrogen) atoms. The van der Waals surface area contributed by atoms with Crippen LogP contribution in [0.2, 0.25) is 0 Å². The van der Waals surface area contributed by atoms with Crippen LogP contribution in [-0.4, -0.2) is 30.4 Å². The average Bonchev–Trinajstić information content (AvgIpc) is 3.17. The summed E-state index contributed by atoms with van der Waals surface area (Å²) >= 11 is 0. The summed E-state index contributed by atoms with van der Waals surface area (Å²) < 4.78 is 13.1. The van der Waals surface area contributed by atoms with E-state index in [0.29, 0.717) is 17.9 Å². The Labute approximate surface area is 112 Å². The number of nitrogens with two attached hydrogens (primary N) is 1. The second-order valence-electron chi connectivity index (χ2n) is 5.05. The highest BCUT2D eigenvalue weighted by Crippen LogP contribution is 2.29. The van der Waals surface area contributed by atoms with E-state index >= 15 is 0 Å². The molecule has 0 atom stereocenters. The maximum Gasteiger partial charge on any atom is 0.238 e. The molecule has 4 nitrogen and oxygen atoms in total. The smallest absolute Gasteiger partial charge is 0.238 e. The van der Waals surface area contributed by atoms with Crippen LogP contribution in [0.15, 0.2) is 18.2 Å². The maximum atomic E-state index is 13.1. The predicted octanol–water partition coefficient (Wildman–Crippen LogP) is 2.08. The number of carbonyl (C=O) groups excluding carboxylic acids is 1. The fourth-order valence-corrected chi connectivity index (χ4v) is 2.00. The number of halogens is 1. The summed E-state index contributed by atoms with van der Waals surface area (Å²) in [6, 6.07) is 3.97. The van der Waals surface area contributed by atoms with Crippen LogP contribution in [0.1, 0.15) is 19.8 Å². The van der Waals surface area contributed by atoms with E-state index in [-0.39, 0.29) is 5.91 Å². The second kappa shape index (κ2) is 6.02. The van der Waals surface area contributed by atoms with Crippen molar-refractivity contribution in [3.05, 3.63) is 24.0 Å². The van der Waals surface area contributed by atoms with Crippen LogP contribution in [0.3, 0.4) is 0 Å². The van der Waals surface area contributed by atoms with Crippen molar-refractivity contribution in [2.24, 2.45) is 5.92 Å². The van der Waals surface area contributed by atoms with Crippen LogP contribution in [0, 0.1) is 11.7 Å². The van der Waals surface area contributed by atoms with E-state index in [1.165, 1.54) is 31.0 Å². The fraction of sp³-hybridized carbons (Fsp3) is 0.500. The lowest BCUT2D eigenvalue weighted by molar-refractivity contribution is -0.117. The van der Waals surface area contributed by atoms with Crippen molar-refractivity contribution in [1.82, 2.24) is 4.90 Å². The highest BCUT2D eigenvalue weighted by atomic mass is 19.1. The molecule has 1 aliphatic rings. The summed E-state index contributed by atoms with van der Waals surface area (Å²) in [7, 11) is 0. The molecule has 1 aromatic carbocycles. The van der Waals surface area contributed by atoms with Crippen molar-refractivity contribution < 1.29 is 9.18 Å². The third-order valence-electron chi connectivity index (χ3n) is 3.32. The first kappa shape index (κ1) is 13.8. The minimum Gasteiger partial charge on any atom is -0.397 e. The number of rotatable bonds is 6. The summed E-state index contributed by atoms with van der Waals surface area (Å²) in [5.74, 6) is 0.182. The van der Waals surface area contributed by atoms with Crippen molar-refractivity contribution in [2.75, 3.05) is 30.7 Å². The number of likely N-dealkylation sites (N-methyl/N-ethyl adjacent to an activating group) is 1. The van der Waals surface area contributed by atoms with Crippen molar-refractivity contribution in [3.8, 4) is 0 Å². The van der Waals surface area contributed by atoms with Gasteiger partial charge in [-0.2, -0.15) is 0 Å². The predicted molar refractivity (Wildman–Crippen MR) is 74.3 cm³/mol. The number of nitrogen functional groups attached to an aromatic ring is 1. The van der Waals surface area contributed by atoms with Gasteiger partial charge in [0.15, 0.2) is 0 Å². The van der Waals surface area contributed by atoms with E-state index in [1.807, 2.05) is 6.92 Å². The molecule has 1 aromatic rings. The van der Waals surface area contributed by atoms with Crippen LogP contribution >= 0.6 is 0 Å². The van der Waals surface area contributed by atoms with E-state index in [0.717, 1.165) is 19.0 Å². The Hall–Kier alpha value is -1.62. The van der Waals surface area contributed by atoms with Gasteiger partial charge in [0.05, 0.1) is 17.9 Å². The summed E-state index contributed by atoms with van der Waals surface area (Å²) in [6.45, 7) is 4.15. The molecule has 0 saturated heterocycles. The first-order chi connectivity index (χ1) is 9.08. The molecule has 2 rings (SSSR count). The van der Waals surface area contributed by atoms with Gasteiger partial charge in [0.2, 0.25) is 5.91 Å². The Morgan fingerprint density at radius 2 is 2.26 bits per heavy atom. The molecule has 1 saturated carbocycles. The normalized spacial score (nSPS) is 14.7. The molecule has 1 amide bonds. The number of amides is 1. The van der Waals surface area contributed by atoms with Gasteiger partial charge in [0, 0.05) is 6.54 Å². The monoisotopic (exact) mass is 265 g/mol. The first-order valence-electron chi connectivity index (χ1n) is 6.65. The van der Waals surface area contributed by atoms with Gasteiger partial charge in [-0.1, -0.05) is 6.92 Å². The molecule has 0 aromatic heterocycles. The molecule has 3 N–H and O–H groups in total. The molecule has 0 heterocycles. The Kier molecular flexibility index (Phi) is 4.37. The van der Waals surface area contributed by atoms with Gasteiger partial charge in [-0.3, -0.25) is 9.69 Å². The van der Waals surface area contributed by atoms with Crippen LogP contribution in [-0.2, 0) is 4.79 Å². The molecule has 104 valence electrons. The zero-order valence-electron chi connectivity index (χ0n) is 11.2. The van der Waals surface area contributed by atoms with Crippen LogP contribution in [0.25, 0.3) is 0 Å². The summed E-state index contributed by atoms with van der Waals surface area (Å²) in [4.78, 5) is 14.0. The van der Waals surface area contributed by atoms with Gasteiger partial charge < -0.3 is 11.1 Å². The molecule has 0 radical (unpaired) electrons. The Bertz CT molecular complexity index is 460. The molecular weight excluding hydrogens is 245 g/mol.